The number of aromatic nitrogens is 1. The third-order valence-electron chi connectivity index (χ3n) is 1.81. The molecule has 0 N–H and O–H groups in total. The van der Waals surface area contributed by atoms with Crippen molar-refractivity contribution in [2.24, 2.45) is 0 Å². The van der Waals surface area contributed by atoms with Gasteiger partial charge in [-0.05, 0) is 24.6 Å². The topological polar surface area (TPSA) is 12.9 Å². The van der Waals surface area contributed by atoms with E-state index in [9.17, 15) is 0 Å². The average molecular weight is 142 g/mol. The second-order valence-corrected chi connectivity index (χ2v) is 2.58. The van der Waals surface area contributed by atoms with Crippen molar-refractivity contribution in [1.29, 1.82) is 0 Å². The fraction of sp³-hybridized carbons (Fsp3) is 0.100. The van der Waals surface area contributed by atoms with E-state index in [1.54, 1.807) is 0 Å². The highest BCUT2D eigenvalue weighted by Gasteiger charge is 1.93. The second kappa shape index (κ2) is 2.35. The van der Waals surface area contributed by atoms with Crippen molar-refractivity contribution in [3.8, 4) is 0 Å². The van der Waals surface area contributed by atoms with E-state index < -0.39 is 0 Å². The van der Waals surface area contributed by atoms with Crippen LogP contribution in [-0.4, -0.2) is 4.98 Å². The highest BCUT2D eigenvalue weighted by atomic mass is 14.6. The van der Waals surface area contributed by atoms with Crippen LogP contribution in [-0.2, 0) is 0 Å². The largest absolute Gasteiger partial charge is 0.246 e. The molecule has 0 fully saturated rings. The lowest BCUT2D eigenvalue weighted by molar-refractivity contribution is 1.38. The first-order valence-electron chi connectivity index (χ1n) is 3.60. The molecular weight excluding hydrogens is 134 g/mol. The van der Waals surface area contributed by atoms with Crippen molar-refractivity contribution in [1.82, 2.24) is 4.98 Å². The number of hydrogen-bond acceptors (Lipinski definition) is 1. The van der Waals surface area contributed by atoms with E-state index in [0.717, 1.165) is 5.52 Å². The van der Waals surface area contributed by atoms with Gasteiger partial charge in [-0.2, -0.15) is 0 Å². The number of benzene rings is 1. The average Bonchev–Trinajstić information content (AvgIpc) is 2.06. The summed E-state index contributed by atoms with van der Waals surface area (Å²) in [6, 6.07) is 9.98. The van der Waals surface area contributed by atoms with Gasteiger partial charge in [-0.3, -0.25) is 0 Å². The summed E-state index contributed by atoms with van der Waals surface area (Å²) in [4.78, 5) is 4.12. The normalized spacial score (nSPS) is 10.3. The highest BCUT2D eigenvalue weighted by molar-refractivity contribution is 5.81. The molecule has 1 radical (unpaired) electrons. The summed E-state index contributed by atoms with van der Waals surface area (Å²) < 4.78 is 0. The first-order valence-corrected chi connectivity index (χ1v) is 3.60. The molecule has 1 nitrogen and oxygen atoms in total. The van der Waals surface area contributed by atoms with Crippen molar-refractivity contribution in [2.45, 2.75) is 6.92 Å². The maximum absolute atomic E-state index is 4.12. The summed E-state index contributed by atoms with van der Waals surface area (Å²) in [5.41, 5.74) is 2.29. The lowest BCUT2D eigenvalue weighted by Gasteiger charge is -1.97. The monoisotopic (exact) mass is 142 g/mol. The van der Waals surface area contributed by atoms with E-state index >= 15 is 0 Å². The van der Waals surface area contributed by atoms with Crippen molar-refractivity contribution in [3.05, 3.63) is 42.1 Å². The molecule has 0 aliphatic rings. The maximum atomic E-state index is 4.12. The maximum Gasteiger partial charge on any atom is 0.0894 e. The lowest BCUT2D eigenvalue weighted by atomic mass is 10.1. The van der Waals surface area contributed by atoms with Crippen molar-refractivity contribution in [3.63, 3.8) is 0 Å². The summed E-state index contributed by atoms with van der Waals surface area (Å²) in [7, 11) is 0. The van der Waals surface area contributed by atoms with Crippen LogP contribution in [0.25, 0.3) is 10.9 Å². The van der Waals surface area contributed by atoms with Gasteiger partial charge in [-0.25, -0.2) is 4.98 Å². The predicted octanol–water partition coefficient (Wildman–Crippen LogP) is 2.34. The van der Waals surface area contributed by atoms with Crippen molar-refractivity contribution >= 4 is 10.9 Å². The molecule has 11 heavy (non-hydrogen) atoms. The van der Waals surface area contributed by atoms with Gasteiger partial charge in [0, 0.05) is 5.39 Å². The zero-order chi connectivity index (χ0) is 7.68. The van der Waals surface area contributed by atoms with Gasteiger partial charge in [-0.15, -0.1) is 0 Å². The fourth-order valence-corrected chi connectivity index (χ4v) is 1.21. The van der Waals surface area contributed by atoms with E-state index in [2.05, 4.69) is 24.2 Å². The molecule has 0 spiro atoms. The Morgan fingerprint density at radius 1 is 1.27 bits per heavy atom. The molecule has 2 aromatic rings. The smallest absolute Gasteiger partial charge is 0.0894 e. The quantitative estimate of drug-likeness (QED) is 0.550. The van der Waals surface area contributed by atoms with Gasteiger partial charge in [0.15, 0.2) is 0 Å². The Hall–Kier alpha value is -1.37. The Bertz CT molecular complexity index is 374. The highest BCUT2D eigenvalue weighted by Crippen LogP contribution is 2.13. The second-order valence-electron chi connectivity index (χ2n) is 2.58. The van der Waals surface area contributed by atoms with E-state index in [0.29, 0.717) is 0 Å². The molecule has 1 heterocycles. The Labute approximate surface area is 65.7 Å². The molecule has 0 bridgehead atoms. The Morgan fingerprint density at radius 2 is 2.18 bits per heavy atom. The van der Waals surface area contributed by atoms with Crippen LogP contribution < -0.4 is 0 Å². The van der Waals surface area contributed by atoms with E-state index in [1.165, 1.54) is 10.9 Å². The molecule has 1 heteroatoms. The number of rotatable bonds is 0. The Morgan fingerprint density at radius 3 is 3.00 bits per heavy atom. The van der Waals surface area contributed by atoms with Gasteiger partial charge in [0.2, 0.25) is 0 Å². The Balaban J connectivity index is 2.91. The third-order valence-corrected chi connectivity index (χ3v) is 1.81. The van der Waals surface area contributed by atoms with Crippen LogP contribution in [0, 0.1) is 13.1 Å². The molecule has 0 unspecified atom stereocenters. The van der Waals surface area contributed by atoms with Gasteiger partial charge in [0.25, 0.3) is 0 Å². The first kappa shape index (κ1) is 6.35. The molecule has 53 valence electrons. The standard InChI is InChI=1S/C10H8N/c1-8-4-2-6-10-9(8)5-3-7-11-10/h2-6H,1H3. The van der Waals surface area contributed by atoms with E-state index in [1.807, 2.05) is 24.3 Å². The number of aryl methyl sites for hydroxylation is 1. The van der Waals surface area contributed by atoms with Crippen LogP contribution in [0.4, 0.5) is 0 Å². The molecule has 2 rings (SSSR count). The van der Waals surface area contributed by atoms with Crippen molar-refractivity contribution < 1.29 is 0 Å². The molecule has 0 saturated carbocycles. The molecular formula is C10H8N. The zero-order valence-electron chi connectivity index (χ0n) is 6.33. The fourth-order valence-electron chi connectivity index (χ4n) is 1.21. The van der Waals surface area contributed by atoms with Crippen LogP contribution in [0.2, 0.25) is 0 Å². The molecule has 0 saturated heterocycles. The summed E-state index contributed by atoms with van der Waals surface area (Å²) >= 11 is 0. The van der Waals surface area contributed by atoms with Gasteiger partial charge < -0.3 is 0 Å². The minimum absolute atomic E-state index is 1.02. The van der Waals surface area contributed by atoms with Gasteiger partial charge in [0.05, 0.1) is 11.7 Å². The number of hydrogen-bond donors (Lipinski definition) is 0. The Kier molecular flexibility index (Phi) is 1.35. The third kappa shape index (κ3) is 0.984. The number of fused-ring (bicyclic) bond motifs is 1. The predicted molar refractivity (Wildman–Crippen MR) is 45.3 cm³/mol. The number of pyridine rings is 1. The molecule has 0 atom stereocenters. The lowest BCUT2D eigenvalue weighted by Crippen LogP contribution is -1.79. The van der Waals surface area contributed by atoms with Crippen molar-refractivity contribution in [2.75, 3.05) is 0 Å². The summed E-state index contributed by atoms with van der Waals surface area (Å²) in [6.07, 6.45) is 2.81. The van der Waals surface area contributed by atoms with Crippen LogP contribution >= 0.6 is 0 Å². The number of nitrogens with zero attached hydrogens (tertiary/aromatic N) is 1. The van der Waals surface area contributed by atoms with Gasteiger partial charge >= 0.3 is 0 Å². The molecule has 0 aliphatic heterocycles. The minimum atomic E-state index is 1.02. The minimum Gasteiger partial charge on any atom is -0.246 e. The summed E-state index contributed by atoms with van der Waals surface area (Å²) in [5.74, 6) is 0. The molecule has 1 aromatic carbocycles. The first-order chi connectivity index (χ1) is 5.38. The van der Waals surface area contributed by atoms with E-state index in [4.69, 9.17) is 0 Å². The molecule has 1 aromatic heterocycles. The summed E-state index contributed by atoms with van der Waals surface area (Å²) in [5, 5.41) is 1.21. The molecule has 0 amide bonds. The molecule has 0 aliphatic carbocycles. The van der Waals surface area contributed by atoms with Crippen LogP contribution in [0.1, 0.15) is 5.56 Å². The van der Waals surface area contributed by atoms with Gasteiger partial charge in [-0.1, -0.05) is 18.2 Å². The SMILES string of the molecule is Cc1cccc2n[c]ccc12. The van der Waals surface area contributed by atoms with Crippen LogP contribution in [0.15, 0.2) is 30.3 Å². The zero-order valence-corrected chi connectivity index (χ0v) is 6.33. The van der Waals surface area contributed by atoms with Crippen LogP contribution in [0.5, 0.6) is 0 Å². The summed E-state index contributed by atoms with van der Waals surface area (Å²) in [6.45, 7) is 2.09. The van der Waals surface area contributed by atoms with E-state index in [-0.39, 0.29) is 0 Å². The van der Waals surface area contributed by atoms with Crippen LogP contribution in [0.3, 0.4) is 0 Å². The van der Waals surface area contributed by atoms with Gasteiger partial charge in [0.1, 0.15) is 0 Å².